The van der Waals surface area contributed by atoms with E-state index < -0.39 is 0 Å². The van der Waals surface area contributed by atoms with Crippen molar-refractivity contribution < 1.29 is 4.74 Å². The third-order valence-electron chi connectivity index (χ3n) is 3.97. The first kappa shape index (κ1) is 17.8. The highest BCUT2D eigenvalue weighted by molar-refractivity contribution is 6.42. The van der Waals surface area contributed by atoms with Gasteiger partial charge >= 0.3 is 0 Å². The molecule has 0 fully saturated rings. The van der Waals surface area contributed by atoms with Crippen LogP contribution in [0.15, 0.2) is 18.2 Å². The molecule has 0 heterocycles. The zero-order valence-corrected chi connectivity index (χ0v) is 14.3. The lowest BCUT2D eigenvalue weighted by Gasteiger charge is -2.36. The van der Waals surface area contributed by atoms with Crippen LogP contribution in [0.25, 0.3) is 0 Å². The largest absolute Gasteiger partial charge is 0.377 e. The average molecular weight is 318 g/mol. The number of hydrogen-bond acceptors (Lipinski definition) is 2. The van der Waals surface area contributed by atoms with Gasteiger partial charge in [-0.2, -0.15) is 0 Å². The van der Waals surface area contributed by atoms with E-state index in [4.69, 9.17) is 27.9 Å². The molecule has 2 atom stereocenters. The Labute approximate surface area is 132 Å². The van der Waals surface area contributed by atoms with E-state index in [-0.39, 0.29) is 11.6 Å². The Kier molecular flexibility index (Phi) is 7.32. The second-order valence-electron chi connectivity index (χ2n) is 5.33. The zero-order chi connectivity index (χ0) is 15.2. The van der Waals surface area contributed by atoms with Crippen LogP contribution in [0.2, 0.25) is 10.0 Å². The molecule has 0 aliphatic heterocycles. The van der Waals surface area contributed by atoms with Gasteiger partial charge in [0.2, 0.25) is 0 Å². The lowest BCUT2D eigenvalue weighted by Crippen LogP contribution is -2.51. The first-order valence-corrected chi connectivity index (χ1v) is 7.94. The van der Waals surface area contributed by atoms with Gasteiger partial charge < -0.3 is 10.1 Å². The molecule has 114 valence electrons. The summed E-state index contributed by atoms with van der Waals surface area (Å²) in [7, 11) is 1.78. The van der Waals surface area contributed by atoms with E-state index in [1.165, 1.54) is 5.56 Å². The first-order chi connectivity index (χ1) is 9.46. The van der Waals surface area contributed by atoms with Crippen molar-refractivity contribution in [1.82, 2.24) is 5.32 Å². The summed E-state index contributed by atoms with van der Waals surface area (Å²) in [5.41, 5.74) is 0.978. The second kappa shape index (κ2) is 8.23. The Balaban J connectivity index is 2.90. The molecule has 0 aliphatic carbocycles. The second-order valence-corrected chi connectivity index (χ2v) is 6.14. The van der Waals surface area contributed by atoms with Crippen LogP contribution >= 0.6 is 23.2 Å². The number of hydrogen-bond donors (Lipinski definition) is 1. The predicted octanol–water partition coefficient (Wildman–Crippen LogP) is 4.72. The van der Waals surface area contributed by atoms with Gasteiger partial charge in [-0.25, -0.2) is 0 Å². The van der Waals surface area contributed by atoms with Crippen molar-refractivity contribution in [3.05, 3.63) is 33.8 Å². The summed E-state index contributed by atoms with van der Waals surface area (Å²) in [6, 6.07) is 6.07. The van der Waals surface area contributed by atoms with Crippen LogP contribution in [0.5, 0.6) is 0 Å². The van der Waals surface area contributed by atoms with Gasteiger partial charge in [0, 0.05) is 13.2 Å². The minimum absolute atomic E-state index is 0.193. The van der Waals surface area contributed by atoms with Gasteiger partial charge in [-0.05, 0) is 50.4 Å². The van der Waals surface area contributed by atoms with Gasteiger partial charge in [0.05, 0.1) is 15.6 Å². The number of halogens is 2. The summed E-state index contributed by atoms with van der Waals surface area (Å²) >= 11 is 12.1. The molecule has 1 aromatic carbocycles. The molecule has 4 heteroatoms. The molecule has 0 radical (unpaired) electrons. The Morgan fingerprint density at radius 1 is 1.25 bits per heavy atom. The smallest absolute Gasteiger partial charge is 0.0803 e. The number of benzene rings is 1. The van der Waals surface area contributed by atoms with E-state index in [9.17, 15) is 0 Å². The van der Waals surface area contributed by atoms with Gasteiger partial charge in [0.15, 0.2) is 0 Å². The molecule has 2 unspecified atom stereocenters. The summed E-state index contributed by atoms with van der Waals surface area (Å²) in [5.74, 6) is 0. The summed E-state index contributed by atoms with van der Waals surface area (Å²) in [6.07, 6.45) is 2.92. The van der Waals surface area contributed by atoms with Crippen LogP contribution in [-0.2, 0) is 11.2 Å². The highest BCUT2D eigenvalue weighted by Gasteiger charge is 2.32. The van der Waals surface area contributed by atoms with Crippen molar-refractivity contribution in [2.24, 2.45) is 0 Å². The third kappa shape index (κ3) is 4.63. The molecule has 0 aromatic heterocycles. The minimum Gasteiger partial charge on any atom is -0.377 e. The molecule has 2 nitrogen and oxygen atoms in total. The van der Waals surface area contributed by atoms with E-state index in [0.717, 1.165) is 25.8 Å². The van der Waals surface area contributed by atoms with Crippen molar-refractivity contribution >= 4 is 23.2 Å². The molecule has 1 N–H and O–H groups in total. The maximum absolute atomic E-state index is 6.10. The molecule has 1 rings (SSSR count). The van der Waals surface area contributed by atoms with E-state index in [1.807, 2.05) is 18.2 Å². The van der Waals surface area contributed by atoms with E-state index in [2.05, 4.69) is 26.1 Å². The Hall–Kier alpha value is -0.280. The molecule has 0 amide bonds. The maximum Gasteiger partial charge on any atom is 0.0803 e. The highest BCUT2D eigenvalue weighted by atomic mass is 35.5. The predicted molar refractivity (Wildman–Crippen MR) is 88.0 cm³/mol. The van der Waals surface area contributed by atoms with E-state index >= 15 is 0 Å². The van der Waals surface area contributed by atoms with Crippen molar-refractivity contribution in [2.75, 3.05) is 13.7 Å². The van der Waals surface area contributed by atoms with Crippen molar-refractivity contribution in [1.29, 1.82) is 0 Å². The molecular formula is C16H25Cl2NO. The lowest BCUT2D eigenvalue weighted by atomic mass is 9.88. The number of methoxy groups -OCH3 is 1. The first-order valence-electron chi connectivity index (χ1n) is 7.19. The van der Waals surface area contributed by atoms with E-state index in [0.29, 0.717) is 10.0 Å². The number of rotatable bonds is 8. The van der Waals surface area contributed by atoms with Gasteiger partial charge in [-0.3, -0.25) is 0 Å². The van der Waals surface area contributed by atoms with Crippen molar-refractivity contribution in [3.8, 4) is 0 Å². The summed E-state index contributed by atoms with van der Waals surface area (Å²) < 4.78 is 5.75. The third-order valence-corrected chi connectivity index (χ3v) is 4.71. The fraction of sp³-hybridized carbons (Fsp3) is 0.625. The standard InChI is InChI=1S/C16H25Cl2NO/c1-5-9-19-15(16(3,6-2)20-4)11-12-7-8-13(17)14(18)10-12/h7-8,10,15,19H,5-6,9,11H2,1-4H3. The maximum atomic E-state index is 6.10. The molecule has 0 saturated carbocycles. The topological polar surface area (TPSA) is 21.3 Å². The minimum atomic E-state index is -0.193. The van der Waals surface area contributed by atoms with Gasteiger partial charge in [-0.15, -0.1) is 0 Å². The number of ether oxygens (including phenoxy) is 1. The summed E-state index contributed by atoms with van der Waals surface area (Å²) in [5, 5.41) is 4.79. The molecule has 0 saturated heterocycles. The van der Waals surface area contributed by atoms with Crippen molar-refractivity contribution in [3.63, 3.8) is 0 Å². The fourth-order valence-corrected chi connectivity index (χ4v) is 2.58. The fourth-order valence-electron chi connectivity index (χ4n) is 2.26. The summed E-state index contributed by atoms with van der Waals surface area (Å²) in [4.78, 5) is 0. The molecule has 1 aromatic rings. The quantitative estimate of drug-likeness (QED) is 0.749. The van der Waals surface area contributed by atoms with Crippen LogP contribution in [0.1, 0.15) is 39.2 Å². The average Bonchev–Trinajstić information content (AvgIpc) is 2.46. The zero-order valence-electron chi connectivity index (χ0n) is 12.8. The van der Waals surface area contributed by atoms with Crippen LogP contribution in [0.4, 0.5) is 0 Å². The monoisotopic (exact) mass is 317 g/mol. The molecule has 0 aliphatic rings. The lowest BCUT2D eigenvalue weighted by molar-refractivity contribution is -0.0287. The molecule has 0 bridgehead atoms. The Morgan fingerprint density at radius 3 is 2.45 bits per heavy atom. The normalized spacial score (nSPS) is 15.9. The van der Waals surface area contributed by atoms with Crippen LogP contribution < -0.4 is 5.32 Å². The van der Waals surface area contributed by atoms with Crippen LogP contribution in [0.3, 0.4) is 0 Å². The molecule has 0 spiro atoms. The molecule has 20 heavy (non-hydrogen) atoms. The Bertz CT molecular complexity index is 419. The van der Waals surface area contributed by atoms with Crippen LogP contribution in [-0.4, -0.2) is 25.3 Å². The van der Waals surface area contributed by atoms with E-state index in [1.54, 1.807) is 7.11 Å². The SMILES string of the molecule is CCCNC(Cc1ccc(Cl)c(Cl)c1)C(C)(CC)OC. The summed E-state index contributed by atoms with van der Waals surface area (Å²) in [6.45, 7) is 7.45. The van der Waals surface area contributed by atoms with Gasteiger partial charge in [0.25, 0.3) is 0 Å². The van der Waals surface area contributed by atoms with Crippen LogP contribution in [0, 0.1) is 0 Å². The number of nitrogens with one attached hydrogen (secondary N) is 1. The Morgan fingerprint density at radius 2 is 1.95 bits per heavy atom. The van der Waals surface area contributed by atoms with Gasteiger partial charge in [0.1, 0.15) is 0 Å². The highest BCUT2D eigenvalue weighted by Crippen LogP contribution is 2.26. The van der Waals surface area contributed by atoms with Crippen molar-refractivity contribution in [2.45, 2.75) is 51.7 Å². The van der Waals surface area contributed by atoms with Gasteiger partial charge in [-0.1, -0.05) is 43.1 Å². The molecular weight excluding hydrogens is 293 g/mol.